The third kappa shape index (κ3) is 3.96. The Bertz CT molecular complexity index is 661. The van der Waals surface area contributed by atoms with Crippen molar-refractivity contribution >= 4 is 28.7 Å². The second kappa shape index (κ2) is 6.46. The first kappa shape index (κ1) is 15.8. The Morgan fingerprint density at radius 1 is 1.41 bits per heavy atom. The molecule has 0 aliphatic rings. The fourth-order valence-corrected chi connectivity index (χ4v) is 1.68. The van der Waals surface area contributed by atoms with Crippen LogP contribution in [0.3, 0.4) is 0 Å². The van der Waals surface area contributed by atoms with E-state index in [1.807, 2.05) is 0 Å². The maximum absolute atomic E-state index is 12.8. The van der Waals surface area contributed by atoms with Crippen molar-refractivity contribution in [3.8, 4) is 0 Å². The lowest BCUT2D eigenvalue weighted by Crippen LogP contribution is -2.27. The Morgan fingerprint density at radius 3 is 2.77 bits per heavy atom. The molecule has 2 rings (SSSR count). The quantitative estimate of drug-likeness (QED) is 0.505. The molecular weight excluding hydrogens is 301 g/mol. The Morgan fingerprint density at radius 2 is 2.14 bits per heavy atom. The molecule has 6 nitrogen and oxygen atoms in total. The minimum absolute atomic E-state index is 0.000965. The predicted molar refractivity (Wildman–Crippen MR) is 74.5 cm³/mol. The predicted octanol–water partition coefficient (Wildman–Crippen LogP) is 2.85. The minimum atomic E-state index is -4.74. The van der Waals surface area contributed by atoms with Gasteiger partial charge in [0.05, 0.1) is 24.1 Å². The lowest BCUT2D eigenvalue weighted by atomic mass is 10.2. The molecule has 118 valence electrons. The van der Waals surface area contributed by atoms with Gasteiger partial charge in [-0.3, -0.25) is 4.79 Å². The molecule has 0 aliphatic heterocycles. The number of imidazole rings is 1. The summed E-state index contributed by atoms with van der Waals surface area (Å²) >= 11 is 0. The van der Waals surface area contributed by atoms with Crippen LogP contribution in [0.4, 0.5) is 19.1 Å². The van der Waals surface area contributed by atoms with Crippen LogP contribution in [0.2, 0.25) is 0 Å². The Kier molecular flexibility index (Phi) is 4.64. The van der Waals surface area contributed by atoms with Crippen LogP contribution in [-0.2, 0) is 9.53 Å². The number of hydrogen-bond donors (Lipinski definition) is 2. The highest BCUT2D eigenvalue weighted by Crippen LogP contribution is 2.20. The maximum Gasteiger partial charge on any atom is 0.431 e. The standard InChI is InChI=1S/C13H13F3N4O2/c1-2-22-11(21)7-10(13(14,15)16)19-20-12-17-8-5-3-4-6-9(8)18-12/h3-6H,2,7H2,1H3,(H2,17,18,20). The summed E-state index contributed by atoms with van der Waals surface area (Å²) < 4.78 is 43.0. The van der Waals surface area contributed by atoms with Gasteiger partial charge in [-0.05, 0) is 19.1 Å². The number of hydrazone groups is 1. The third-order valence-corrected chi connectivity index (χ3v) is 2.63. The van der Waals surface area contributed by atoms with Crippen LogP contribution in [-0.4, -0.2) is 34.4 Å². The molecule has 22 heavy (non-hydrogen) atoms. The first-order valence-electron chi connectivity index (χ1n) is 6.40. The number of carbonyl (C=O) groups excluding carboxylic acids is 1. The number of hydrogen-bond acceptors (Lipinski definition) is 5. The molecule has 2 N–H and O–H groups in total. The summed E-state index contributed by atoms with van der Waals surface area (Å²) in [7, 11) is 0. The highest BCUT2D eigenvalue weighted by Gasteiger charge is 2.37. The number of esters is 1. The zero-order valence-electron chi connectivity index (χ0n) is 11.6. The summed E-state index contributed by atoms with van der Waals surface area (Å²) in [6.45, 7) is 1.51. The maximum atomic E-state index is 12.8. The van der Waals surface area contributed by atoms with Crippen LogP contribution in [0, 0.1) is 0 Å². The van der Waals surface area contributed by atoms with Gasteiger partial charge in [0, 0.05) is 0 Å². The first-order valence-corrected chi connectivity index (χ1v) is 6.40. The summed E-state index contributed by atoms with van der Waals surface area (Å²) in [6.07, 6.45) is -5.71. The van der Waals surface area contributed by atoms with Gasteiger partial charge in [0.15, 0.2) is 5.71 Å². The lowest BCUT2D eigenvalue weighted by Gasteiger charge is -2.09. The van der Waals surface area contributed by atoms with E-state index in [0.717, 1.165) is 0 Å². The van der Waals surface area contributed by atoms with Gasteiger partial charge in [-0.25, -0.2) is 10.4 Å². The number of anilines is 1. The molecule has 0 saturated heterocycles. The number of fused-ring (bicyclic) bond motifs is 1. The van der Waals surface area contributed by atoms with Crippen LogP contribution in [0.1, 0.15) is 13.3 Å². The largest absolute Gasteiger partial charge is 0.466 e. The highest BCUT2D eigenvalue weighted by molar-refractivity contribution is 6.02. The molecular formula is C13H13F3N4O2. The van der Waals surface area contributed by atoms with Crippen LogP contribution in [0.15, 0.2) is 29.4 Å². The SMILES string of the molecule is CCOC(=O)CC(=NNc1nc2ccccc2[nH]1)C(F)(F)F. The van der Waals surface area contributed by atoms with Crippen molar-refractivity contribution in [2.75, 3.05) is 12.0 Å². The van der Waals surface area contributed by atoms with E-state index in [0.29, 0.717) is 11.0 Å². The summed E-state index contributed by atoms with van der Waals surface area (Å²) in [5, 5.41) is 3.23. The summed E-state index contributed by atoms with van der Waals surface area (Å²) in [6, 6.07) is 6.93. The summed E-state index contributed by atoms with van der Waals surface area (Å²) in [4.78, 5) is 18.0. The van der Waals surface area contributed by atoms with E-state index >= 15 is 0 Å². The molecule has 1 heterocycles. The normalized spacial score (nSPS) is 12.5. The van der Waals surface area contributed by atoms with Crippen LogP contribution in [0.5, 0.6) is 0 Å². The Hall–Kier alpha value is -2.58. The molecule has 1 aromatic carbocycles. The number of nitrogens with one attached hydrogen (secondary N) is 2. The summed E-state index contributed by atoms with van der Waals surface area (Å²) in [5.74, 6) is -0.947. The van der Waals surface area contributed by atoms with E-state index in [4.69, 9.17) is 0 Å². The van der Waals surface area contributed by atoms with Gasteiger partial charge in [-0.1, -0.05) is 12.1 Å². The van der Waals surface area contributed by atoms with Gasteiger partial charge >= 0.3 is 12.1 Å². The number of ether oxygens (including phenoxy) is 1. The molecule has 0 aliphatic carbocycles. The molecule has 0 spiro atoms. The van der Waals surface area contributed by atoms with Crippen LogP contribution >= 0.6 is 0 Å². The van der Waals surface area contributed by atoms with Gasteiger partial charge in [0.25, 0.3) is 0 Å². The zero-order valence-corrected chi connectivity index (χ0v) is 11.6. The van der Waals surface area contributed by atoms with Crippen molar-refractivity contribution in [3.05, 3.63) is 24.3 Å². The smallest absolute Gasteiger partial charge is 0.431 e. The van der Waals surface area contributed by atoms with Gasteiger partial charge < -0.3 is 9.72 Å². The number of benzene rings is 1. The topological polar surface area (TPSA) is 79.4 Å². The first-order chi connectivity index (χ1) is 10.4. The molecule has 0 unspecified atom stereocenters. The van der Waals surface area contributed by atoms with E-state index in [-0.39, 0.29) is 12.6 Å². The lowest BCUT2D eigenvalue weighted by molar-refractivity contribution is -0.142. The van der Waals surface area contributed by atoms with Gasteiger partial charge in [-0.2, -0.15) is 18.3 Å². The number of halogens is 3. The molecule has 1 aromatic heterocycles. The molecule has 0 fully saturated rings. The second-order valence-electron chi connectivity index (χ2n) is 4.25. The second-order valence-corrected chi connectivity index (χ2v) is 4.25. The van der Waals surface area contributed by atoms with E-state index in [9.17, 15) is 18.0 Å². The number of nitrogens with zero attached hydrogens (tertiary/aromatic N) is 2. The zero-order chi connectivity index (χ0) is 16.2. The van der Waals surface area contributed by atoms with Crippen LogP contribution in [0.25, 0.3) is 11.0 Å². The van der Waals surface area contributed by atoms with Gasteiger partial charge in [0.2, 0.25) is 5.95 Å². The van der Waals surface area contributed by atoms with Crippen molar-refractivity contribution < 1.29 is 22.7 Å². The summed E-state index contributed by atoms with van der Waals surface area (Å²) in [5.41, 5.74) is 2.13. The number of rotatable bonds is 5. The van der Waals surface area contributed by atoms with Crippen molar-refractivity contribution in [1.82, 2.24) is 9.97 Å². The van der Waals surface area contributed by atoms with Crippen molar-refractivity contribution in [2.45, 2.75) is 19.5 Å². The van der Waals surface area contributed by atoms with Gasteiger partial charge in [0.1, 0.15) is 0 Å². The third-order valence-electron chi connectivity index (χ3n) is 2.63. The van der Waals surface area contributed by atoms with E-state index in [2.05, 4.69) is 25.2 Å². The molecule has 0 amide bonds. The van der Waals surface area contributed by atoms with E-state index in [1.165, 1.54) is 6.92 Å². The Balaban J connectivity index is 2.16. The highest BCUT2D eigenvalue weighted by atomic mass is 19.4. The van der Waals surface area contributed by atoms with Crippen LogP contribution < -0.4 is 5.43 Å². The number of para-hydroxylation sites is 2. The van der Waals surface area contributed by atoms with E-state index in [1.54, 1.807) is 24.3 Å². The van der Waals surface area contributed by atoms with Crippen molar-refractivity contribution in [1.29, 1.82) is 0 Å². The number of aromatic nitrogens is 2. The number of aromatic amines is 1. The molecule has 9 heteroatoms. The van der Waals surface area contributed by atoms with Gasteiger partial charge in [-0.15, -0.1) is 0 Å². The molecule has 0 radical (unpaired) electrons. The minimum Gasteiger partial charge on any atom is -0.466 e. The molecule has 0 saturated carbocycles. The number of H-pyrrole nitrogens is 1. The average Bonchev–Trinajstić information content (AvgIpc) is 2.85. The fraction of sp³-hybridized carbons (Fsp3) is 0.308. The molecule has 2 aromatic rings. The number of carbonyl (C=O) groups is 1. The monoisotopic (exact) mass is 314 g/mol. The fourth-order valence-electron chi connectivity index (χ4n) is 1.68. The Labute approximate surface area is 123 Å². The van der Waals surface area contributed by atoms with E-state index < -0.39 is 24.3 Å². The van der Waals surface area contributed by atoms with Crippen molar-refractivity contribution in [3.63, 3.8) is 0 Å². The molecule has 0 atom stereocenters. The average molecular weight is 314 g/mol. The van der Waals surface area contributed by atoms with Crippen molar-refractivity contribution in [2.24, 2.45) is 5.10 Å². The number of alkyl halides is 3. The molecule has 0 bridgehead atoms.